The van der Waals surface area contributed by atoms with Crippen LogP contribution in [0.2, 0.25) is 0 Å². The van der Waals surface area contributed by atoms with Gasteiger partial charge in [0.25, 0.3) is 0 Å². The third kappa shape index (κ3) is 3.01. The van der Waals surface area contributed by atoms with E-state index in [1.54, 1.807) is 32.3 Å². The number of carbonyl (C=O) groups excluding carboxylic acids is 1. The van der Waals surface area contributed by atoms with Crippen molar-refractivity contribution in [2.75, 3.05) is 6.61 Å². The summed E-state index contributed by atoms with van der Waals surface area (Å²) in [5.74, 6) is -0.417. The maximum atomic E-state index is 11.1. The molecule has 5 nitrogen and oxygen atoms in total. The Labute approximate surface area is 82.1 Å². The van der Waals surface area contributed by atoms with Crippen LogP contribution < -0.4 is 4.74 Å². The molecule has 0 aliphatic carbocycles. The van der Waals surface area contributed by atoms with E-state index in [0.717, 1.165) is 0 Å². The second-order valence-corrected chi connectivity index (χ2v) is 2.54. The molecule has 0 saturated carbocycles. The molecular formula is C9H12N2O3. The van der Waals surface area contributed by atoms with Gasteiger partial charge in [0.05, 0.1) is 6.61 Å². The van der Waals surface area contributed by atoms with E-state index >= 15 is 0 Å². The fourth-order valence-corrected chi connectivity index (χ4v) is 0.812. The van der Waals surface area contributed by atoms with Gasteiger partial charge in [0.2, 0.25) is 0 Å². The molecule has 0 aliphatic rings. The highest BCUT2D eigenvalue weighted by atomic mass is 16.6. The maximum Gasteiger partial charge on any atom is 0.347 e. The van der Waals surface area contributed by atoms with E-state index in [0.29, 0.717) is 6.61 Å². The van der Waals surface area contributed by atoms with Crippen molar-refractivity contribution in [3.05, 3.63) is 18.5 Å². The Morgan fingerprint density at radius 2 is 2.14 bits per heavy atom. The van der Waals surface area contributed by atoms with E-state index in [9.17, 15) is 4.79 Å². The number of hydrogen-bond donors (Lipinski definition) is 0. The van der Waals surface area contributed by atoms with E-state index < -0.39 is 12.1 Å². The van der Waals surface area contributed by atoms with Gasteiger partial charge in [-0.15, -0.1) is 0 Å². The summed E-state index contributed by atoms with van der Waals surface area (Å²) in [6.45, 7) is 3.67. The number of rotatable bonds is 4. The van der Waals surface area contributed by atoms with Gasteiger partial charge in [-0.2, -0.15) is 0 Å². The van der Waals surface area contributed by atoms with Crippen LogP contribution >= 0.6 is 0 Å². The lowest BCUT2D eigenvalue weighted by Gasteiger charge is -2.10. The molecule has 14 heavy (non-hydrogen) atoms. The molecule has 0 aromatic carbocycles. The zero-order valence-electron chi connectivity index (χ0n) is 8.14. The lowest BCUT2D eigenvalue weighted by Crippen LogP contribution is -2.26. The number of esters is 1. The van der Waals surface area contributed by atoms with E-state index in [1.807, 2.05) is 0 Å². The first-order valence-corrected chi connectivity index (χ1v) is 4.34. The standard InChI is InChI=1S/C9H12N2O3/c1-3-13-8(12)7(2)14-9-10-5-4-6-11-9/h4-7H,3H2,1-2H3. The molecule has 1 unspecified atom stereocenters. The van der Waals surface area contributed by atoms with E-state index in [2.05, 4.69) is 9.97 Å². The molecule has 1 atom stereocenters. The Balaban J connectivity index is 2.49. The molecule has 1 heterocycles. The minimum atomic E-state index is -0.683. The fourth-order valence-electron chi connectivity index (χ4n) is 0.812. The van der Waals surface area contributed by atoms with E-state index in [4.69, 9.17) is 9.47 Å². The predicted octanol–water partition coefficient (Wildman–Crippen LogP) is 0.807. The van der Waals surface area contributed by atoms with Crippen molar-refractivity contribution in [1.29, 1.82) is 0 Å². The zero-order valence-corrected chi connectivity index (χ0v) is 8.14. The van der Waals surface area contributed by atoms with Crippen molar-refractivity contribution < 1.29 is 14.3 Å². The van der Waals surface area contributed by atoms with Crippen LogP contribution in [0.1, 0.15) is 13.8 Å². The third-order valence-electron chi connectivity index (χ3n) is 1.44. The predicted molar refractivity (Wildman–Crippen MR) is 48.8 cm³/mol. The first kappa shape index (κ1) is 10.4. The molecule has 0 fully saturated rings. The molecule has 0 radical (unpaired) electrons. The van der Waals surface area contributed by atoms with Crippen molar-refractivity contribution in [3.63, 3.8) is 0 Å². The van der Waals surface area contributed by atoms with Gasteiger partial charge in [-0.3, -0.25) is 0 Å². The molecular weight excluding hydrogens is 184 g/mol. The average Bonchev–Trinajstić information content (AvgIpc) is 2.19. The van der Waals surface area contributed by atoms with Gasteiger partial charge in [-0.25, -0.2) is 14.8 Å². The number of ether oxygens (including phenoxy) is 2. The van der Waals surface area contributed by atoms with Gasteiger partial charge < -0.3 is 9.47 Å². The highest BCUT2D eigenvalue weighted by Gasteiger charge is 2.16. The van der Waals surface area contributed by atoms with Crippen molar-refractivity contribution in [2.24, 2.45) is 0 Å². The van der Waals surface area contributed by atoms with Crippen LogP contribution in [-0.4, -0.2) is 28.6 Å². The molecule has 0 aliphatic heterocycles. The van der Waals surface area contributed by atoms with Crippen LogP contribution in [0.25, 0.3) is 0 Å². The summed E-state index contributed by atoms with van der Waals surface area (Å²) in [6.07, 6.45) is 2.40. The van der Waals surface area contributed by atoms with Crippen molar-refractivity contribution in [3.8, 4) is 6.01 Å². The maximum absolute atomic E-state index is 11.1. The lowest BCUT2D eigenvalue weighted by atomic mass is 10.4. The summed E-state index contributed by atoms with van der Waals surface area (Å²) in [5, 5.41) is 0. The monoisotopic (exact) mass is 196 g/mol. The average molecular weight is 196 g/mol. The second kappa shape index (κ2) is 5.16. The van der Waals surface area contributed by atoms with Gasteiger partial charge in [-0.1, -0.05) is 0 Å². The second-order valence-electron chi connectivity index (χ2n) is 2.54. The van der Waals surface area contributed by atoms with Crippen LogP contribution in [0.15, 0.2) is 18.5 Å². The van der Waals surface area contributed by atoms with Gasteiger partial charge in [0.1, 0.15) is 0 Å². The molecule has 1 aromatic heterocycles. The summed E-state index contributed by atoms with van der Waals surface area (Å²) in [4.78, 5) is 18.8. The van der Waals surface area contributed by atoms with Gasteiger partial charge in [0.15, 0.2) is 6.10 Å². The first-order valence-electron chi connectivity index (χ1n) is 4.34. The SMILES string of the molecule is CCOC(=O)C(C)Oc1ncccn1. The minimum Gasteiger partial charge on any atom is -0.463 e. The Morgan fingerprint density at radius 3 is 2.71 bits per heavy atom. The molecule has 5 heteroatoms. The molecule has 76 valence electrons. The molecule has 0 N–H and O–H groups in total. The van der Waals surface area contributed by atoms with Gasteiger partial charge in [0, 0.05) is 12.4 Å². The van der Waals surface area contributed by atoms with Crippen LogP contribution in [0, 0.1) is 0 Å². The summed E-state index contributed by atoms with van der Waals surface area (Å²) < 4.78 is 9.89. The van der Waals surface area contributed by atoms with Crippen LogP contribution in [0.4, 0.5) is 0 Å². The van der Waals surface area contributed by atoms with E-state index in [1.165, 1.54) is 0 Å². The Kier molecular flexibility index (Phi) is 3.84. The van der Waals surface area contributed by atoms with Crippen molar-refractivity contribution in [1.82, 2.24) is 9.97 Å². The topological polar surface area (TPSA) is 61.3 Å². The third-order valence-corrected chi connectivity index (χ3v) is 1.44. The number of nitrogens with zero attached hydrogens (tertiary/aromatic N) is 2. The van der Waals surface area contributed by atoms with Gasteiger partial charge >= 0.3 is 12.0 Å². The normalized spacial score (nSPS) is 11.9. The molecule has 0 saturated heterocycles. The highest BCUT2D eigenvalue weighted by Crippen LogP contribution is 2.02. The fraction of sp³-hybridized carbons (Fsp3) is 0.444. The quantitative estimate of drug-likeness (QED) is 0.667. The Hall–Kier alpha value is -1.65. The molecule has 0 amide bonds. The van der Waals surface area contributed by atoms with Crippen molar-refractivity contribution in [2.45, 2.75) is 20.0 Å². The van der Waals surface area contributed by atoms with Crippen molar-refractivity contribution >= 4 is 5.97 Å². The number of hydrogen-bond acceptors (Lipinski definition) is 5. The number of aromatic nitrogens is 2. The largest absolute Gasteiger partial charge is 0.463 e. The molecule has 1 rings (SSSR count). The Morgan fingerprint density at radius 1 is 1.50 bits per heavy atom. The number of carbonyl (C=O) groups is 1. The smallest absolute Gasteiger partial charge is 0.347 e. The van der Waals surface area contributed by atoms with Crippen LogP contribution in [0.5, 0.6) is 6.01 Å². The molecule has 0 spiro atoms. The first-order chi connectivity index (χ1) is 6.74. The van der Waals surface area contributed by atoms with E-state index in [-0.39, 0.29) is 6.01 Å². The summed E-state index contributed by atoms with van der Waals surface area (Å²) in [5.41, 5.74) is 0. The Bertz CT molecular complexity index is 289. The highest BCUT2D eigenvalue weighted by molar-refractivity contribution is 5.74. The van der Waals surface area contributed by atoms with Crippen LogP contribution in [-0.2, 0) is 9.53 Å². The van der Waals surface area contributed by atoms with Gasteiger partial charge in [-0.05, 0) is 19.9 Å². The summed E-state index contributed by atoms with van der Waals surface area (Å²) >= 11 is 0. The summed E-state index contributed by atoms with van der Waals surface area (Å²) in [7, 11) is 0. The zero-order chi connectivity index (χ0) is 10.4. The lowest BCUT2D eigenvalue weighted by molar-refractivity contribution is -0.150. The molecule has 1 aromatic rings. The molecule has 0 bridgehead atoms. The minimum absolute atomic E-state index is 0.174. The summed E-state index contributed by atoms with van der Waals surface area (Å²) in [6, 6.07) is 1.84. The van der Waals surface area contributed by atoms with Crippen LogP contribution in [0.3, 0.4) is 0 Å².